The highest BCUT2D eigenvalue weighted by atomic mass is 32.2. The van der Waals surface area contributed by atoms with Gasteiger partial charge in [0, 0.05) is 45.2 Å². The number of hydrogen-bond acceptors (Lipinski definition) is 3. The van der Waals surface area contributed by atoms with Gasteiger partial charge in [-0.1, -0.05) is 51.1 Å². The topological polar surface area (TPSA) is 43.9 Å². The van der Waals surface area contributed by atoms with E-state index in [1.165, 1.54) is 5.56 Å². The van der Waals surface area contributed by atoms with Crippen LogP contribution in [0.3, 0.4) is 0 Å². The maximum atomic E-state index is 13.1. The maximum Gasteiger partial charge on any atom is 0.282 e. The highest BCUT2D eigenvalue weighted by Gasteiger charge is 2.46. The molecular weight excluding hydrogens is 322 g/mol. The second-order valence-electron chi connectivity index (χ2n) is 7.59. The first-order valence-electron chi connectivity index (χ1n) is 8.87. The van der Waals surface area contributed by atoms with Gasteiger partial charge >= 0.3 is 0 Å². The van der Waals surface area contributed by atoms with E-state index in [0.29, 0.717) is 26.2 Å². The lowest BCUT2D eigenvalue weighted by Gasteiger charge is -2.35. The zero-order valence-electron chi connectivity index (χ0n) is 15.0. The summed E-state index contributed by atoms with van der Waals surface area (Å²) in [6.45, 7) is 11.5. The van der Waals surface area contributed by atoms with Crippen LogP contribution in [0.25, 0.3) is 0 Å². The minimum atomic E-state index is -3.37. The normalized spacial score (nSPS) is 26.7. The van der Waals surface area contributed by atoms with Gasteiger partial charge in [-0.15, -0.1) is 0 Å². The third-order valence-corrected chi connectivity index (χ3v) is 7.49. The van der Waals surface area contributed by atoms with Crippen molar-refractivity contribution in [1.82, 2.24) is 13.5 Å². The number of nitrogens with zero attached hydrogens (tertiary/aromatic N) is 3. The van der Waals surface area contributed by atoms with Crippen LogP contribution in [0.2, 0.25) is 0 Å². The molecule has 0 aromatic heterocycles. The standard InChI is InChI=1S/C18H29N3O2S/c1-4-19-10-12-20(13-11-19)24(22,23)21-14-17(18(2,3)15-21)16-8-6-5-7-9-16/h5-9,17H,4,10-15H2,1-3H3. The van der Waals surface area contributed by atoms with Crippen LogP contribution in [0.4, 0.5) is 0 Å². The molecule has 2 fully saturated rings. The Labute approximate surface area is 146 Å². The van der Waals surface area contributed by atoms with Crippen molar-refractivity contribution in [3.8, 4) is 0 Å². The predicted octanol–water partition coefficient (Wildman–Crippen LogP) is 1.99. The molecule has 24 heavy (non-hydrogen) atoms. The van der Waals surface area contributed by atoms with Gasteiger partial charge in [0.05, 0.1) is 0 Å². The van der Waals surface area contributed by atoms with Gasteiger partial charge in [0.25, 0.3) is 10.2 Å². The average molecular weight is 352 g/mol. The molecule has 0 radical (unpaired) electrons. The van der Waals surface area contributed by atoms with Crippen LogP contribution in [-0.2, 0) is 10.2 Å². The fourth-order valence-electron chi connectivity index (χ4n) is 3.94. The van der Waals surface area contributed by atoms with Crippen molar-refractivity contribution in [3.63, 3.8) is 0 Å². The fourth-order valence-corrected chi connectivity index (χ4v) is 5.72. The van der Waals surface area contributed by atoms with Crippen LogP contribution in [0, 0.1) is 5.41 Å². The van der Waals surface area contributed by atoms with E-state index >= 15 is 0 Å². The van der Waals surface area contributed by atoms with Crippen LogP contribution in [0.5, 0.6) is 0 Å². The minimum absolute atomic E-state index is 0.0559. The lowest BCUT2D eigenvalue weighted by Crippen LogP contribution is -2.52. The van der Waals surface area contributed by atoms with Crippen LogP contribution < -0.4 is 0 Å². The van der Waals surface area contributed by atoms with Crippen molar-refractivity contribution in [2.45, 2.75) is 26.7 Å². The Morgan fingerprint density at radius 2 is 1.67 bits per heavy atom. The van der Waals surface area contributed by atoms with Gasteiger partial charge in [-0.05, 0) is 17.5 Å². The van der Waals surface area contributed by atoms with Gasteiger partial charge in [-0.2, -0.15) is 17.0 Å². The second-order valence-corrected chi connectivity index (χ2v) is 9.51. The Bertz CT molecular complexity index is 652. The number of rotatable bonds is 4. The van der Waals surface area contributed by atoms with Gasteiger partial charge in [-0.25, -0.2) is 0 Å². The van der Waals surface area contributed by atoms with Crippen molar-refractivity contribution in [3.05, 3.63) is 35.9 Å². The predicted molar refractivity (Wildman–Crippen MR) is 97.1 cm³/mol. The molecule has 0 amide bonds. The monoisotopic (exact) mass is 351 g/mol. The zero-order valence-corrected chi connectivity index (χ0v) is 15.8. The Kier molecular flexibility index (Phi) is 5.02. The number of piperazine rings is 1. The summed E-state index contributed by atoms with van der Waals surface area (Å²) in [6.07, 6.45) is 0. The molecule has 3 rings (SSSR count). The minimum Gasteiger partial charge on any atom is -0.301 e. The van der Waals surface area contributed by atoms with Crippen molar-refractivity contribution in [2.75, 3.05) is 45.8 Å². The SMILES string of the molecule is CCN1CCN(S(=O)(=O)N2CC(c3ccccc3)C(C)(C)C2)CC1. The van der Waals surface area contributed by atoms with Crippen molar-refractivity contribution >= 4 is 10.2 Å². The quantitative estimate of drug-likeness (QED) is 0.833. The van der Waals surface area contributed by atoms with Crippen LogP contribution in [0.15, 0.2) is 30.3 Å². The zero-order chi connectivity index (χ0) is 17.4. The molecule has 0 bridgehead atoms. The summed E-state index contributed by atoms with van der Waals surface area (Å²) in [5, 5.41) is 0. The molecule has 1 atom stereocenters. The molecule has 6 heteroatoms. The van der Waals surface area contributed by atoms with E-state index in [1.54, 1.807) is 8.61 Å². The molecule has 0 aliphatic carbocycles. The molecule has 2 heterocycles. The molecule has 1 unspecified atom stereocenters. The van der Waals surface area contributed by atoms with E-state index in [2.05, 4.69) is 37.8 Å². The fraction of sp³-hybridized carbons (Fsp3) is 0.667. The molecule has 2 saturated heterocycles. The van der Waals surface area contributed by atoms with Gasteiger partial charge in [0.1, 0.15) is 0 Å². The lowest BCUT2D eigenvalue weighted by molar-refractivity contribution is 0.189. The molecule has 5 nitrogen and oxygen atoms in total. The average Bonchev–Trinajstić information content (AvgIpc) is 2.92. The van der Waals surface area contributed by atoms with Gasteiger partial charge < -0.3 is 4.90 Å². The summed E-state index contributed by atoms with van der Waals surface area (Å²) in [6, 6.07) is 10.3. The Balaban J connectivity index is 1.76. The first-order valence-corrected chi connectivity index (χ1v) is 10.3. The van der Waals surface area contributed by atoms with Crippen molar-refractivity contribution < 1.29 is 8.42 Å². The van der Waals surface area contributed by atoms with E-state index in [4.69, 9.17) is 0 Å². The Morgan fingerprint density at radius 1 is 1.04 bits per heavy atom. The highest BCUT2D eigenvalue weighted by Crippen LogP contribution is 2.43. The summed E-state index contributed by atoms with van der Waals surface area (Å²) in [7, 11) is -3.37. The van der Waals surface area contributed by atoms with E-state index < -0.39 is 10.2 Å². The number of benzene rings is 1. The van der Waals surface area contributed by atoms with Crippen LogP contribution >= 0.6 is 0 Å². The lowest BCUT2D eigenvalue weighted by atomic mass is 9.78. The van der Waals surface area contributed by atoms with Crippen LogP contribution in [-0.4, -0.2) is 67.7 Å². The molecule has 1 aromatic carbocycles. The highest BCUT2D eigenvalue weighted by molar-refractivity contribution is 7.86. The largest absolute Gasteiger partial charge is 0.301 e. The first kappa shape index (κ1) is 17.9. The van der Waals surface area contributed by atoms with Gasteiger partial charge in [0.15, 0.2) is 0 Å². The molecule has 134 valence electrons. The van der Waals surface area contributed by atoms with Gasteiger partial charge in [0.2, 0.25) is 0 Å². The molecule has 0 spiro atoms. The number of likely N-dealkylation sites (N-methyl/N-ethyl adjacent to an activating group) is 1. The summed E-state index contributed by atoms with van der Waals surface area (Å²) < 4.78 is 29.5. The maximum absolute atomic E-state index is 13.1. The molecule has 2 aliphatic heterocycles. The molecule has 2 aliphatic rings. The third-order valence-electron chi connectivity index (χ3n) is 5.55. The van der Waals surface area contributed by atoms with Crippen molar-refractivity contribution in [1.29, 1.82) is 0 Å². The molecule has 1 aromatic rings. The Morgan fingerprint density at radius 3 is 2.25 bits per heavy atom. The van der Waals surface area contributed by atoms with E-state index in [1.807, 2.05) is 18.2 Å². The second kappa shape index (κ2) is 6.75. The number of hydrogen-bond donors (Lipinski definition) is 0. The van der Waals surface area contributed by atoms with E-state index in [0.717, 1.165) is 19.6 Å². The van der Waals surface area contributed by atoms with E-state index in [9.17, 15) is 8.42 Å². The molecular formula is C18H29N3O2S. The summed E-state index contributed by atoms with van der Waals surface area (Å²) >= 11 is 0. The smallest absolute Gasteiger partial charge is 0.282 e. The van der Waals surface area contributed by atoms with Crippen LogP contribution in [0.1, 0.15) is 32.3 Å². The van der Waals surface area contributed by atoms with Gasteiger partial charge in [-0.3, -0.25) is 0 Å². The summed E-state index contributed by atoms with van der Waals surface area (Å²) in [4.78, 5) is 2.30. The molecule has 0 saturated carbocycles. The Hall–Kier alpha value is -0.950. The first-order chi connectivity index (χ1) is 11.3. The molecule has 0 N–H and O–H groups in total. The third kappa shape index (κ3) is 3.38. The van der Waals surface area contributed by atoms with Crippen molar-refractivity contribution in [2.24, 2.45) is 5.41 Å². The summed E-state index contributed by atoms with van der Waals surface area (Å²) in [5.74, 6) is 0.241. The van der Waals surface area contributed by atoms with E-state index in [-0.39, 0.29) is 11.3 Å². The summed E-state index contributed by atoms with van der Waals surface area (Å²) in [5.41, 5.74) is 1.18.